The molecule has 0 bridgehead atoms. The second kappa shape index (κ2) is 6.70. The molecule has 1 aliphatic rings. The fourth-order valence-corrected chi connectivity index (χ4v) is 2.75. The Morgan fingerprint density at radius 2 is 2.09 bits per heavy atom. The number of nitrogens with zero attached hydrogens (tertiary/aromatic N) is 3. The highest BCUT2D eigenvalue weighted by Crippen LogP contribution is 2.26. The quantitative estimate of drug-likeness (QED) is 0.824. The minimum absolute atomic E-state index is 0.0557. The van der Waals surface area contributed by atoms with E-state index in [1.165, 1.54) is 0 Å². The van der Waals surface area contributed by atoms with E-state index in [4.69, 9.17) is 5.11 Å². The zero-order chi connectivity index (χ0) is 17.2. The van der Waals surface area contributed by atoms with Crippen molar-refractivity contribution >= 4 is 11.9 Å². The molecule has 2 N–H and O–H groups in total. The number of aliphatic carboxylic acids is 1. The van der Waals surface area contributed by atoms with E-state index in [1.807, 2.05) is 32.6 Å². The van der Waals surface area contributed by atoms with Gasteiger partial charge in [-0.05, 0) is 40.2 Å². The number of hydrogen-bond donors (Lipinski definition) is 2. The molecule has 1 heterocycles. The number of hydrogen-bond acceptors (Lipinski definition) is 4. The molecule has 7 heteroatoms. The molecule has 0 aliphatic heterocycles. The summed E-state index contributed by atoms with van der Waals surface area (Å²) in [5.74, 6) is -0.931. The first-order valence-electron chi connectivity index (χ1n) is 8.02. The Labute approximate surface area is 136 Å². The van der Waals surface area contributed by atoms with Gasteiger partial charge in [-0.1, -0.05) is 6.92 Å². The topological polar surface area (TPSA) is 87.5 Å². The Hall–Kier alpha value is -1.89. The van der Waals surface area contributed by atoms with Crippen LogP contribution in [0.3, 0.4) is 0 Å². The van der Waals surface area contributed by atoms with E-state index in [-0.39, 0.29) is 30.1 Å². The van der Waals surface area contributed by atoms with E-state index in [9.17, 15) is 9.59 Å². The smallest absolute Gasteiger partial charge is 0.317 e. The molecule has 1 saturated carbocycles. The van der Waals surface area contributed by atoms with Crippen molar-refractivity contribution in [3.05, 3.63) is 18.0 Å². The lowest BCUT2D eigenvalue weighted by Crippen LogP contribution is -2.54. The molecule has 0 spiro atoms. The molecular weight excluding hydrogens is 296 g/mol. The third-order valence-corrected chi connectivity index (χ3v) is 4.24. The number of carboxylic acid groups (broad SMARTS) is 1. The van der Waals surface area contributed by atoms with E-state index in [0.29, 0.717) is 12.1 Å². The van der Waals surface area contributed by atoms with Gasteiger partial charge in [0.15, 0.2) is 0 Å². The molecule has 1 aromatic rings. The van der Waals surface area contributed by atoms with Crippen LogP contribution in [0, 0.1) is 0 Å². The van der Waals surface area contributed by atoms with Crippen LogP contribution in [0.25, 0.3) is 0 Å². The Kier molecular flexibility index (Phi) is 5.09. The fraction of sp³-hybridized carbons (Fsp3) is 0.688. The number of likely N-dealkylation sites (N-methyl/N-ethyl adjacent to an activating group) is 1. The Bertz CT molecular complexity index is 570. The lowest BCUT2D eigenvalue weighted by atomic mass is 9.85. The molecule has 0 aromatic carbocycles. The predicted octanol–water partition coefficient (Wildman–Crippen LogP) is 1.31. The van der Waals surface area contributed by atoms with E-state index >= 15 is 0 Å². The predicted molar refractivity (Wildman–Crippen MR) is 86.4 cm³/mol. The Balaban J connectivity index is 1.84. The molecule has 1 aromatic heterocycles. The number of nitrogens with one attached hydrogen (secondary N) is 1. The summed E-state index contributed by atoms with van der Waals surface area (Å²) in [7, 11) is 0. The Morgan fingerprint density at radius 1 is 1.43 bits per heavy atom. The molecule has 1 fully saturated rings. The monoisotopic (exact) mass is 322 g/mol. The SMILES string of the molecule is CCN(CC(=O)O)C1CC(NC(=O)c2cnn(C(C)(C)C)c2)C1. The number of aromatic nitrogens is 2. The summed E-state index contributed by atoms with van der Waals surface area (Å²) < 4.78 is 1.77. The van der Waals surface area contributed by atoms with Crippen molar-refractivity contribution in [3.63, 3.8) is 0 Å². The molecular formula is C16H26N4O3. The molecule has 2 rings (SSSR count). The number of carbonyl (C=O) groups excluding carboxylic acids is 1. The summed E-state index contributed by atoms with van der Waals surface area (Å²) in [6, 6.07) is 0.340. The van der Waals surface area contributed by atoms with E-state index < -0.39 is 5.97 Å². The van der Waals surface area contributed by atoms with Crippen LogP contribution < -0.4 is 5.32 Å². The zero-order valence-corrected chi connectivity index (χ0v) is 14.2. The standard InChI is InChI=1S/C16H26N4O3/c1-5-19(10-14(21)22)13-6-12(7-13)18-15(23)11-8-17-20(9-11)16(2,3)4/h8-9,12-13H,5-7,10H2,1-4H3,(H,18,23)(H,21,22). The lowest BCUT2D eigenvalue weighted by molar-refractivity contribution is -0.139. The molecule has 7 nitrogen and oxygen atoms in total. The van der Waals surface area contributed by atoms with Crippen molar-refractivity contribution in [1.29, 1.82) is 0 Å². The first-order valence-corrected chi connectivity index (χ1v) is 8.02. The van der Waals surface area contributed by atoms with Crippen LogP contribution in [0.2, 0.25) is 0 Å². The van der Waals surface area contributed by atoms with Crippen molar-refractivity contribution in [3.8, 4) is 0 Å². The van der Waals surface area contributed by atoms with Gasteiger partial charge in [0.2, 0.25) is 0 Å². The van der Waals surface area contributed by atoms with E-state index in [1.54, 1.807) is 17.1 Å². The van der Waals surface area contributed by atoms with Crippen LogP contribution in [-0.4, -0.2) is 56.8 Å². The summed E-state index contributed by atoms with van der Waals surface area (Å²) in [5.41, 5.74) is 0.403. The minimum Gasteiger partial charge on any atom is -0.480 e. The maximum absolute atomic E-state index is 12.2. The van der Waals surface area contributed by atoms with E-state index in [0.717, 1.165) is 12.8 Å². The van der Waals surface area contributed by atoms with Crippen LogP contribution >= 0.6 is 0 Å². The number of carboxylic acids is 1. The summed E-state index contributed by atoms with van der Waals surface area (Å²) >= 11 is 0. The normalized spacial score (nSPS) is 21.1. The van der Waals surface area contributed by atoms with Gasteiger partial charge in [0, 0.05) is 18.3 Å². The van der Waals surface area contributed by atoms with Crippen LogP contribution in [-0.2, 0) is 10.3 Å². The molecule has 0 saturated heterocycles. The number of carbonyl (C=O) groups is 2. The molecule has 0 unspecified atom stereocenters. The van der Waals surface area contributed by atoms with Crippen LogP contribution in [0.1, 0.15) is 50.9 Å². The zero-order valence-electron chi connectivity index (χ0n) is 14.2. The first-order chi connectivity index (χ1) is 10.7. The van der Waals surface area contributed by atoms with Gasteiger partial charge in [0.1, 0.15) is 0 Å². The van der Waals surface area contributed by atoms with Gasteiger partial charge in [0.25, 0.3) is 5.91 Å². The van der Waals surface area contributed by atoms with Gasteiger partial charge >= 0.3 is 5.97 Å². The van der Waals surface area contributed by atoms with Gasteiger partial charge in [-0.15, -0.1) is 0 Å². The molecule has 128 valence electrons. The van der Waals surface area contributed by atoms with E-state index in [2.05, 4.69) is 10.4 Å². The van der Waals surface area contributed by atoms with Crippen molar-refractivity contribution in [2.45, 2.75) is 58.2 Å². The molecule has 0 atom stereocenters. The summed E-state index contributed by atoms with van der Waals surface area (Å²) in [6.45, 7) is 8.80. The highest BCUT2D eigenvalue weighted by Gasteiger charge is 2.35. The second-order valence-corrected chi connectivity index (χ2v) is 7.10. The highest BCUT2D eigenvalue weighted by atomic mass is 16.4. The minimum atomic E-state index is -0.811. The van der Waals surface area contributed by atoms with Crippen molar-refractivity contribution in [1.82, 2.24) is 20.0 Å². The maximum Gasteiger partial charge on any atom is 0.317 e. The van der Waals surface area contributed by atoms with Crippen LogP contribution in [0.5, 0.6) is 0 Å². The number of amides is 1. The molecule has 23 heavy (non-hydrogen) atoms. The first kappa shape index (κ1) is 17.5. The fourth-order valence-electron chi connectivity index (χ4n) is 2.75. The summed E-state index contributed by atoms with van der Waals surface area (Å²) in [6.07, 6.45) is 4.92. The van der Waals surface area contributed by atoms with Gasteiger partial charge < -0.3 is 10.4 Å². The highest BCUT2D eigenvalue weighted by molar-refractivity contribution is 5.94. The summed E-state index contributed by atoms with van der Waals surface area (Å²) in [5, 5.41) is 16.1. The molecule has 1 aliphatic carbocycles. The van der Waals surface area contributed by atoms with Crippen LogP contribution in [0.4, 0.5) is 0 Å². The largest absolute Gasteiger partial charge is 0.480 e. The van der Waals surface area contributed by atoms with Gasteiger partial charge in [-0.2, -0.15) is 5.10 Å². The molecule has 1 amide bonds. The third-order valence-electron chi connectivity index (χ3n) is 4.24. The lowest BCUT2D eigenvalue weighted by Gasteiger charge is -2.42. The Morgan fingerprint density at radius 3 is 2.57 bits per heavy atom. The molecule has 0 radical (unpaired) electrons. The van der Waals surface area contributed by atoms with Crippen molar-refractivity contribution in [2.24, 2.45) is 0 Å². The van der Waals surface area contributed by atoms with Gasteiger partial charge in [-0.3, -0.25) is 19.2 Å². The second-order valence-electron chi connectivity index (χ2n) is 7.10. The van der Waals surface area contributed by atoms with Crippen molar-refractivity contribution < 1.29 is 14.7 Å². The summed E-state index contributed by atoms with van der Waals surface area (Å²) in [4.78, 5) is 25.0. The third kappa shape index (κ3) is 4.31. The van der Waals surface area contributed by atoms with Gasteiger partial charge in [0.05, 0.1) is 23.8 Å². The average molecular weight is 322 g/mol. The maximum atomic E-state index is 12.2. The number of rotatable bonds is 6. The average Bonchev–Trinajstić information content (AvgIpc) is 2.89. The van der Waals surface area contributed by atoms with Crippen LogP contribution in [0.15, 0.2) is 12.4 Å². The van der Waals surface area contributed by atoms with Gasteiger partial charge in [-0.25, -0.2) is 0 Å². The van der Waals surface area contributed by atoms with Crippen molar-refractivity contribution in [2.75, 3.05) is 13.1 Å².